The zero-order chi connectivity index (χ0) is 37.3. The smallest absolute Gasteiger partial charge is 0.189 e. The number of rotatable bonds is 3. The Morgan fingerprint density at radius 3 is 2.27 bits per heavy atom. The Balaban J connectivity index is 1.10. The molecule has 4 aliphatic heterocycles. The van der Waals surface area contributed by atoms with Gasteiger partial charge < -0.3 is 4.74 Å². The minimum atomic E-state index is 0.289. The summed E-state index contributed by atoms with van der Waals surface area (Å²) < 4.78 is 7.84. The van der Waals surface area contributed by atoms with Crippen molar-refractivity contribution in [2.24, 2.45) is 46.3 Å². The predicted octanol–water partition coefficient (Wildman–Crippen LogP) is 12.5. The summed E-state index contributed by atoms with van der Waals surface area (Å²) in [5.74, 6) is 6.70. The van der Waals surface area contributed by atoms with Gasteiger partial charge in [-0.25, -0.2) is 0 Å². The summed E-state index contributed by atoms with van der Waals surface area (Å²) in [6.07, 6.45) is 43.3. The molecule has 11 rings (SSSR count). The third-order valence-electron chi connectivity index (χ3n) is 20.9. The van der Waals surface area contributed by atoms with Crippen molar-refractivity contribution >= 4 is 6.71 Å². The van der Waals surface area contributed by atoms with E-state index in [1.807, 2.05) is 5.57 Å². The highest BCUT2D eigenvalue weighted by Crippen LogP contribution is 2.73. The van der Waals surface area contributed by atoms with Crippen LogP contribution in [0.5, 0.6) is 0 Å². The Kier molecular flexibility index (Phi) is 9.52. The molecule has 0 bridgehead atoms. The van der Waals surface area contributed by atoms with E-state index >= 15 is 0 Å². The van der Waals surface area contributed by atoms with E-state index in [1.165, 1.54) is 154 Å². The van der Waals surface area contributed by atoms with E-state index in [-0.39, 0.29) is 5.54 Å². The normalized spacial score (nSPS) is 48.2. The van der Waals surface area contributed by atoms with Gasteiger partial charge in [0.05, 0.1) is 6.10 Å². The molecule has 7 aliphatic carbocycles. The van der Waals surface area contributed by atoms with Crippen LogP contribution in [-0.2, 0) is 4.74 Å². The van der Waals surface area contributed by atoms with Gasteiger partial charge in [-0.2, -0.15) is 0 Å². The Hall–Kier alpha value is -0.575. The fraction of sp³-hybridized carbons (Fsp3) is 0.922. The Labute approximate surface area is 338 Å². The maximum absolute atomic E-state index is 7.84. The van der Waals surface area contributed by atoms with E-state index in [2.05, 4.69) is 62.6 Å². The largest absolute Gasteiger partial charge is 0.377 e. The van der Waals surface area contributed by atoms with Gasteiger partial charge in [0.2, 0.25) is 0 Å². The lowest BCUT2D eigenvalue weighted by Crippen LogP contribution is -2.77. The summed E-state index contributed by atoms with van der Waals surface area (Å²) in [5, 5.41) is 0. The average Bonchev–Trinajstić information content (AvgIpc) is 3.67. The van der Waals surface area contributed by atoms with Crippen molar-refractivity contribution < 1.29 is 4.74 Å². The SMILES string of the molecule is CC(C)(C)C1CC2B3C4OC5C=CCCC5C4N(C4CCCCC4C4=CCCCC4)C4CC(C5CCCCC5)CC(C34)N3C2C(C1)C1(CCCCC1)C3(C)C. The molecule has 0 aromatic heterocycles. The van der Waals surface area contributed by atoms with Gasteiger partial charge in [-0.05, 0) is 149 Å². The summed E-state index contributed by atoms with van der Waals surface area (Å²) in [6, 6.07) is 4.11. The van der Waals surface area contributed by atoms with Crippen molar-refractivity contribution in [1.82, 2.24) is 9.80 Å². The summed E-state index contributed by atoms with van der Waals surface area (Å²) in [7, 11) is 0. The van der Waals surface area contributed by atoms with Crippen molar-refractivity contribution in [3.05, 3.63) is 23.8 Å². The van der Waals surface area contributed by atoms with Crippen LogP contribution in [0.15, 0.2) is 23.8 Å². The monoisotopic (exact) mass is 749 g/mol. The molecule has 11 aliphatic rings. The second kappa shape index (κ2) is 14.0. The summed E-state index contributed by atoms with van der Waals surface area (Å²) in [6.45, 7) is 14.3. The zero-order valence-corrected chi connectivity index (χ0v) is 36.2. The molecule has 5 saturated carbocycles. The molecule has 14 atom stereocenters. The summed E-state index contributed by atoms with van der Waals surface area (Å²) in [4.78, 5) is 6.94. The van der Waals surface area contributed by atoms with Gasteiger partial charge in [-0.3, -0.25) is 9.80 Å². The second-order valence-corrected chi connectivity index (χ2v) is 24.1. The van der Waals surface area contributed by atoms with E-state index in [1.54, 1.807) is 0 Å². The van der Waals surface area contributed by atoms with Crippen molar-refractivity contribution in [3.8, 4) is 0 Å². The Morgan fingerprint density at radius 1 is 0.727 bits per heavy atom. The van der Waals surface area contributed by atoms with Crippen molar-refractivity contribution in [3.63, 3.8) is 0 Å². The van der Waals surface area contributed by atoms with Gasteiger partial charge in [-0.15, -0.1) is 0 Å². The highest BCUT2D eigenvalue weighted by Gasteiger charge is 2.76. The van der Waals surface area contributed by atoms with Gasteiger partial charge in [0.15, 0.2) is 6.71 Å². The molecule has 0 amide bonds. The lowest BCUT2D eigenvalue weighted by Gasteiger charge is -2.68. The number of ether oxygens (including phenoxy) is 1. The molecule has 1 spiro atoms. The summed E-state index contributed by atoms with van der Waals surface area (Å²) >= 11 is 0. The van der Waals surface area contributed by atoms with Gasteiger partial charge in [0, 0.05) is 47.7 Å². The highest BCUT2D eigenvalue weighted by atomic mass is 16.5. The summed E-state index contributed by atoms with van der Waals surface area (Å²) in [5.41, 5.74) is 3.06. The minimum Gasteiger partial charge on any atom is -0.377 e. The first kappa shape index (κ1) is 37.4. The molecule has 4 saturated heterocycles. The Bertz CT molecular complexity index is 1480. The minimum absolute atomic E-state index is 0.289. The van der Waals surface area contributed by atoms with E-state index in [9.17, 15) is 0 Å². The van der Waals surface area contributed by atoms with Gasteiger partial charge in [-0.1, -0.05) is 115 Å². The van der Waals surface area contributed by atoms with Crippen LogP contribution >= 0.6 is 0 Å². The third kappa shape index (κ3) is 5.63. The van der Waals surface area contributed by atoms with Crippen LogP contribution in [0.4, 0.5) is 0 Å². The van der Waals surface area contributed by atoms with Crippen LogP contribution in [0, 0.1) is 46.3 Å². The molecule has 9 fully saturated rings. The van der Waals surface area contributed by atoms with Crippen molar-refractivity contribution in [2.45, 2.75) is 248 Å². The van der Waals surface area contributed by atoms with Crippen LogP contribution in [0.1, 0.15) is 189 Å². The van der Waals surface area contributed by atoms with E-state index in [4.69, 9.17) is 4.74 Å². The van der Waals surface area contributed by atoms with E-state index < -0.39 is 0 Å². The number of hydrogen-bond donors (Lipinski definition) is 0. The van der Waals surface area contributed by atoms with Gasteiger partial charge >= 0.3 is 0 Å². The zero-order valence-electron chi connectivity index (χ0n) is 36.2. The molecule has 55 heavy (non-hydrogen) atoms. The van der Waals surface area contributed by atoms with E-state index in [0.717, 1.165) is 72.1 Å². The first-order valence-corrected chi connectivity index (χ1v) is 25.2. The second-order valence-electron chi connectivity index (χ2n) is 24.1. The van der Waals surface area contributed by atoms with Crippen LogP contribution < -0.4 is 0 Å². The van der Waals surface area contributed by atoms with Crippen LogP contribution in [0.25, 0.3) is 0 Å². The van der Waals surface area contributed by atoms with E-state index in [0.29, 0.717) is 34.9 Å². The highest BCUT2D eigenvalue weighted by molar-refractivity contribution is 6.65. The van der Waals surface area contributed by atoms with Crippen LogP contribution in [0.2, 0.25) is 11.6 Å². The number of fused-ring (bicyclic) bond motifs is 7. The maximum Gasteiger partial charge on any atom is 0.189 e. The molecule has 0 aromatic rings. The number of nitrogens with zero attached hydrogens (tertiary/aromatic N) is 2. The van der Waals surface area contributed by atoms with Gasteiger partial charge in [0.1, 0.15) is 0 Å². The number of allylic oxidation sites excluding steroid dienone is 2. The first-order valence-electron chi connectivity index (χ1n) is 25.2. The quantitative estimate of drug-likeness (QED) is 0.211. The fourth-order valence-corrected chi connectivity index (χ4v) is 18.7. The van der Waals surface area contributed by atoms with Gasteiger partial charge in [0.25, 0.3) is 0 Å². The molecule has 14 unspecified atom stereocenters. The number of hydrogen-bond acceptors (Lipinski definition) is 3. The maximum atomic E-state index is 7.84. The molecular formula is C51H81BN2O. The van der Waals surface area contributed by atoms with Crippen LogP contribution in [-0.4, -0.2) is 64.4 Å². The van der Waals surface area contributed by atoms with Crippen LogP contribution in [0.3, 0.4) is 0 Å². The molecule has 304 valence electrons. The fourth-order valence-electron chi connectivity index (χ4n) is 18.7. The van der Waals surface area contributed by atoms with Crippen molar-refractivity contribution in [1.29, 1.82) is 0 Å². The third-order valence-corrected chi connectivity index (χ3v) is 20.9. The topological polar surface area (TPSA) is 15.7 Å². The molecule has 0 aromatic carbocycles. The standard InChI is InChI=1S/C51H81BN2O/c1-49(2,3)36-31-39-47-40(32-36)52-45-42(29-35(33-19-9-6-10-20-33)30-43(45)54(47)50(4,5)51(39)27-17-8-18-28-51)53(46-38-24-14-16-26-44(38)55-48(46)52)41-25-15-13-23-37(41)34-21-11-7-12-22-34/h16,21,26,33,35-48H,6-15,17-20,22-25,27-32H2,1-5H3. The molecule has 0 radical (unpaired) electrons. The average molecular weight is 749 g/mol. The lowest BCUT2D eigenvalue weighted by molar-refractivity contribution is -0.0911. The molecule has 4 heteroatoms. The Morgan fingerprint density at radius 2 is 1.49 bits per heavy atom. The lowest BCUT2D eigenvalue weighted by atomic mass is 9.20. The molecule has 0 N–H and O–H groups in total. The molecular weight excluding hydrogens is 667 g/mol. The molecule has 4 heterocycles. The van der Waals surface area contributed by atoms with Crippen molar-refractivity contribution in [2.75, 3.05) is 0 Å². The predicted molar refractivity (Wildman–Crippen MR) is 229 cm³/mol. The molecule has 3 nitrogen and oxygen atoms in total. The first-order chi connectivity index (χ1) is 26.7.